The molecule has 0 spiro atoms. The Morgan fingerprint density at radius 1 is 1.35 bits per heavy atom. The van der Waals surface area contributed by atoms with Gasteiger partial charge in [-0.05, 0) is 24.5 Å². The highest BCUT2D eigenvalue weighted by Crippen LogP contribution is 2.19. The Hall–Kier alpha value is -1.71. The van der Waals surface area contributed by atoms with Gasteiger partial charge in [0.05, 0.1) is 7.11 Å². The minimum Gasteiger partial charge on any atom is -0.468 e. The van der Waals surface area contributed by atoms with Gasteiger partial charge in [0, 0.05) is 6.20 Å². The molecule has 1 aromatic heterocycles. The van der Waals surface area contributed by atoms with Gasteiger partial charge in [-0.3, -0.25) is 14.6 Å². The minimum atomic E-state index is -0.784. The van der Waals surface area contributed by atoms with Gasteiger partial charge < -0.3 is 4.74 Å². The van der Waals surface area contributed by atoms with Crippen molar-refractivity contribution in [2.24, 2.45) is 11.8 Å². The van der Waals surface area contributed by atoms with Gasteiger partial charge in [-0.25, -0.2) is 0 Å². The highest BCUT2D eigenvalue weighted by molar-refractivity contribution is 6.08. The van der Waals surface area contributed by atoms with E-state index < -0.39 is 11.9 Å². The van der Waals surface area contributed by atoms with E-state index in [1.807, 2.05) is 13.8 Å². The van der Waals surface area contributed by atoms with Crippen LogP contribution < -0.4 is 0 Å². The fourth-order valence-corrected chi connectivity index (χ4v) is 1.70. The van der Waals surface area contributed by atoms with E-state index in [2.05, 4.69) is 9.72 Å². The lowest BCUT2D eigenvalue weighted by atomic mass is 9.89. The first kappa shape index (κ1) is 13.4. The molecule has 0 bridgehead atoms. The lowest BCUT2D eigenvalue weighted by molar-refractivity contribution is -0.144. The van der Waals surface area contributed by atoms with E-state index in [9.17, 15) is 9.59 Å². The van der Waals surface area contributed by atoms with Crippen LogP contribution in [0.5, 0.6) is 0 Å². The maximum atomic E-state index is 12.2. The smallest absolute Gasteiger partial charge is 0.316 e. The van der Waals surface area contributed by atoms with E-state index in [4.69, 9.17) is 0 Å². The Labute approximate surface area is 101 Å². The molecule has 0 saturated heterocycles. The second kappa shape index (κ2) is 5.57. The Morgan fingerprint density at radius 3 is 2.47 bits per heavy atom. The number of pyridine rings is 1. The van der Waals surface area contributed by atoms with Crippen LogP contribution in [0.2, 0.25) is 0 Å². The number of carbonyl (C=O) groups is 2. The quantitative estimate of drug-likeness (QED) is 0.455. The van der Waals surface area contributed by atoms with Crippen molar-refractivity contribution >= 4 is 11.8 Å². The standard InChI is InChI=1S/C13H17NO3/c1-8(2)10(13(16)17-4)12(15)11-9(3)6-5-7-14-11/h5-8,10H,1-4H3. The van der Waals surface area contributed by atoms with E-state index in [-0.39, 0.29) is 11.7 Å². The third-order valence-electron chi connectivity index (χ3n) is 2.65. The maximum Gasteiger partial charge on any atom is 0.316 e. The number of ketones is 1. The summed E-state index contributed by atoms with van der Waals surface area (Å²) >= 11 is 0. The van der Waals surface area contributed by atoms with Crippen LogP contribution in [0.25, 0.3) is 0 Å². The largest absolute Gasteiger partial charge is 0.468 e. The van der Waals surface area contributed by atoms with Crippen LogP contribution in [0.3, 0.4) is 0 Å². The summed E-state index contributed by atoms with van der Waals surface area (Å²) in [5, 5.41) is 0. The summed E-state index contributed by atoms with van der Waals surface area (Å²) in [4.78, 5) is 27.9. The van der Waals surface area contributed by atoms with Crippen LogP contribution in [-0.4, -0.2) is 23.8 Å². The third kappa shape index (κ3) is 2.90. The Kier molecular flexibility index (Phi) is 4.37. The molecule has 1 atom stereocenters. The van der Waals surface area contributed by atoms with Gasteiger partial charge in [-0.2, -0.15) is 0 Å². The molecule has 0 aliphatic rings. The molecule has 1 heterocycles. The molecular weight excluding hydrogens is 218 g/mol. The lowest BCUT2D eigenvalue weighted by Crippen LogP contribution is -2.31. The second-order valence-corrected chi connectivity index (χ2v) is 4.28. The first-order valence-electron chi connectivity index (χ1n) is 5.52. The number of Topliss-reactive ketones (excluding diaryl/α,β-unsaturated/α-hetero) is 1. The topological polar surface area (TPSA) is 56.3 Å². The van der Waals surface area contributed by atoms with Gasteiger partial charge in [0.25, 0.3) is 0 Å². The molecule has 4 nitrogen and oxygen atoms in total. The van der Waals surface area contributed by atoms with Crippen molar-refractivity contribution in [3.05, 3.63) is 29.6 Å². The van der Waals surface area contributed by atoms with Crippen molar-refractivity contribution in [1.82, 2.24) is 4.98 Å². The van der Waals surface area contributed by atoms with Crippen molar-refractivity contribution in [3.63, 3.8) is 0 Å². The third-order valence-corrected chi connectivity index (χ3v) is 2.65. The highest BCUT2D eigenvalue weighted by atomic mass is 16.5. The predicted molar refractivity (Wildman–Crippen MR) is 63.6 cm³/mol. The number of ether oxygens (including phenoxy) is 1. The fourth-order valence-electron chi connectivity index (χ4n) is 1.70. The molecule has 1 unspecified atom stereocenters. The van der Waals surface area contributed by atoms with E-state index in [0.717, 1.165) is 5.56 Å². The van der Waals surface area contributed by atoms with Crippen molar-refractivity contribution in [2.75, 3.05) is 7.11 Å². The zero-order valence-corrected chi connectivity index (χ0v) is 10.6. The summed E-state index contributed by atoms with van der Waals surface area (Å²) < 4.78 is 4.67. The Morgan fingerprint density at radius 2 is 2.00 bits per heavy atom. The SMILES string of the molecule is COC(=O)C(C(=O)c1ncccc1C)C(C)C. The van der Waals surface area contributed by atoms with Crippen LogP contribution in [0.1, 0.15) is 29.9 Å². The number of aromatic nitrogens is 1. The number of hydrogen-bond donors (Lipinski definition) is 0. The molecule has 0 N–H and O–H groups in total. The van der Waals surface area contributed by atoms with Crippen molar-refractivity contribution in [1.29, 1.82) is 0 Å². The van der Waals surface area contributed by atoms with Crippen molar-refractivity contribution in [3.8, 4) is 0 Å². The highest BCUT2D eigenvalue weighted by Gasteiger charge is 2.32. The van der Waals surface area contributed by atoms with E-state index in [1.165, 1.54) is 7.11 Å². The summed E-state index contributed by atoms with van der Waals surface area (Å²) in [7, 11) is 1.29. The second-order valence-electron chi connectivity index (χ2n) is 4.28. The van der Waals surface area contributed by atoms with Gasteiger partial charge in [-0.15, -0.1) is 0 Å². The number of nitrogens with zero attached hydrogens (tertiary/aromatic N) is 1. The van der Waals surface area contributed by atoms with E-state index in [1.54, 1.807) is 25.3 Å². The molecule has 4 heteroatoms. The lowest BCUT2D eigenvalue weighted by Gasteiger charge is -2.17. The van der Waals surface area contributed by atoms with Gasteiger partial charge in [-0.1, -0.05) is 19.9 Å². The molecule has 1 aromatic rings. The van der Waals surface area contributed by atoms with Crippen LogP contribution >= 0.6 is 0 Å². The van der Waals surface area contributed by atoms with Crippen LogP contribution in [-0.2, 0) is 9.53 Å². The number of esters is 1. The minimum absolute atomic E-state index is 0.114. The number of aryl methyl sites for hydroxylation is 1. The molecule has 0 aliphatic carbocycles. The molecule has 92 valence electrons. The fraction of sp³-hybridized carbons (Fsp3) is 0.462. The summed E-state index contributed by atoms with van der Waals surface area (Å²) in [6, 6.07) is 3.56. The molecule has 0 amide bonds. The average Bonchev–Trinajstić information content (AvgIpc) is 2.28. The summed E-state index contributed by atoms with van der Waals surface area (Å²) in [5.41, 5.74) is 1.11. The molecule has 0 radical (unpaired) electrons. The molecule has 0 saturated carbocycles. The van der Waals surface area contributed by atoms with Crippen LogP contribution in [0.15, 0.2) is 18.3 Å². The van der Waals surface area contributed by atoms with E-state index >= 15 is 0 Å². The monoisotopic (exact) mass is 235 g/mol. The zero-order chi connectivity index (χ0) is 13.0. The maximum absolute atomic E-state index is 12.2. The Bertz CT molecular complexity index is 426. The average molecular weight is 235 g/mol. The van der Waals surface area contributed by atoms with Gasteiger partial charge in [0.15, 0.2) is 5.78 Å². The van der Waals surface area contributed by atoms with Crippen LogP contribution in [0.4, 0.5) is 0 Å². The zero-order valence-electron chi connectivity index (χ0n) is 10.6. The number of hydrogen-bond acceptors (Lipinski definition) is 4. The van der Waals surface area contributed by atoms with Crippen LogP contribution in [0, 0.1) is 18.8 Å². The normalized spacial score (nSPS) is 12.3. The summed E-state index contributed by atoms with van der Waals surface area (Å²) in [6.07, 6.45) is 1.55. The first-order chi connectivity index (χ1) is 7.99. The van der Waals surface area contributed by atoms with Crippen molar-refractivity contribution < 1.29 is 14.3 Å². The Balaban J connectivity index is 3.09. The predicted octanol–water partition coefficient (Wildman–Crippen LogP) is 2.02. The molecule has 17 heavy (non-hydrogen) atoms. The van der Waals surface area contributed by atoms with Gasteiger partial charge in [0.1, 0.15) is 11.6 Å². The molecule has 0 aliphatic heterocycles. The first-order valence-corrected chi connectivity index (χ1v) is 5.52. The summed E-state index contributed by atoms with van der Waals surface area (Å²) in [5.74, 6) is -1.68. The van der Waals surface area contributed by atoms with Gasteiger partial charge in [0.2, 0.25) is 0 Å². The number of rotatable bonds is 4. The number of carbonyl (C=O) groups excluding carboxylic acids is 2. The molecule has 0 fully saturated rings. The molecular formula is C13H17NO3. The molecule has 0 aromatic carbocycles. The van der Waals surface area contributed by atoms with Crippen molar-refractivity contribution in [2.45, 2.75) is 20.8 Å². The summed E-state index contributed by atoms with van der Waals surface area (Å²) in [6.45, 7) is 5.43. The number of methoxy groups -OCH3 is 1. The van der Waals surface area contributed by atoms with Gasteiger partial charge >= 0.3 is 5.97 Å². The van der Waals surface area contributed by atoms with E-state index in [0.29, 0.717) is 5.69 Å². The molecule has 1 rings (SSSR count).